The van der Waals surface area contributed by atoms with Crippen LogP contribution < -0.4 is 5.73 Å². The van der Waals surface area contributed by atoms with Crippen molar-refractivity contribution in [3.8, 4) is 11.5 Å². The van der Waals surface area contributed by atoms with E-state index in [1.807, 2.05) is 23.9 Å². The predicted octanol–water partition coefficient (Wildman–Crippen LogP) is 1.92. The molecule has 98 valence electrons. The lowest BCUT2D eigenvalue weighted by atomic mass is 10.2. The number of benzene rings is 1. The maximum absolute atomic E-state index is 5.68. The van der Waals surface area contributed by atoms with Crippen LogP contribution in [-0.2, 0) is 20.1 Å². The third-order valence-corrected chi connectivity index (χ3v) is 3.30. The van der Waals surface area contributed by atoms with Gasteiger partial charge < -0.3 is 14.9 Å². The van der Waals surface area contributed by atoms with E-state index in [2.05, 4.69) is 28.6 Å². The molecule has 0 saturated heterocycles. The molecule has 0 spiro atoms. The third kappa shape index (κ3) is 1.92. The second-order valence-corrected chi connectivity index (χ2v) is 4.63. The highest BCUT2D eigenvalue weighted by Crippen LogP contribution is 2.24. The minimum atomic E-state index is 0.536. The summed E-state index contributed by atoms with van der Waals surface area (Å²) < 4.78 is 4.11. The van der Waals surface area contributed by atoms with Gasteiger partial charge in [0.05, 0.1) is 17.4 Å². The zero-order valence-corrected chi connectivity index (χ0v) is 11.2. The van der Waals surface area contributed by atoms with Crippen LogP contribution in [-0.4, -0.2) is 19.1 Å². The highest BCUT2D eigenvalue weighted by atomic mass is 15.1. The second-order valence-electron chi connectivity index (χ2n) is 4.63. The fourth-order valence-corrected chi connectivity index (χ4v) is 2.35. The molecule has 0 radical (unpaired) electrons. The largest absolute Gasteiger partial charge is 0.340 e. The minimum absolute atomic E-state index is 0.536. The molecule has 19 heavy (non-hydrogen) atoms. The third-order valence-electron chi connectivity index (χ3n) is 3.30. The Kier molecular flexibility index (Phi) is 2.83. The Balaban J connectivity index is 2.24. The number of hydrogen-bond donors (Lipinski definition) is 1. The van der Waals surface area contributed by atoms with Crippen LogP contribution in [0.3, 0.4) is 0 Å². The Morgan fingerprint density at radius 2 is 2.16 bits per heavy atom. The number of fused-ring (bicyclic) bond motifs is 1. The minimum Gasteiger partial charge on any atom is -0.340 e. The van der Waals surface area contributed by atoms with Crippen molar-refractivity contribution in [1.29, 1.82) is 0 Å². The molecule has 0 bridgehead atoms. The van der Waals surface area contributed by atoms with Gasteiger partial charge in [-0.05, 0) is 24.6 Å². The maximum Gasteiger partial charge on any atom is 0.161 e. The van der Waals surface area contributed by atoms with Crippen molar-refractivity contribution in [2.75, 3.05) is 0 Å². The topological polar surface area (TPSA) is 61.7 Å². The van der Waals surface area contributed by atoms with E-state index in [0.29, 0.717) is 6.54 Å². The first-order chi connectivity index (χ1) is 9.22. The lowest BCUT2D eigenvalue weighted by Gasteiger charge is -2.03. The van der Waals surface area contributed by atoms with E-state index in [0.717, 1.165) is 34.7 Å². The summed E-state index contributed by atoms with van der Waals surface area (Å²) in [6.45, 7) is 3.52. The van der Waals surface area contributed by atoms with Crippen molar-refractivity contribution in [3.63, 3.8) is 0 Å². The van der Waals surface area contributed by atoms with Crippen LogP contribution in [0.5, 0.6) is 0 Å². The van der Waals surface area contributed by atoms with Crippen LogP contribution in [0.25, 0.3) is 22.6 Å². The van der Waals surface area contributed by atoms with E-state index in [4.69, 9.17) is 10.7 Å². The van der Waals surface area contributed by atoms with Crippen molar-refractivity contribution in [1.82, 2.24) is 19.1 Å². The zero-order chi connectivity index (χ0) is 13.4. The van der Waals surface area contributed by atoms with Crippen molar-refractivity contribution in [3.05, 3.63) is 36.3 Å². The Hall–Kier alpha value is -2.14. The number of aromatic nitrogens is 4. The molecule has 0 atom stereocenters. The molecule has 0 saturated carbocycles. The summed E-state index contributed by atoms with van der Waals surface area (Å²) in [5.41, 5.74) is 9.78. The molecule has 0 aliphatic rings. The van der Waals surface area contributed by atoms with Crippen molar-refractivity contribution in [2.45, 2.75) is 20.0 Å². The van der Waals surface area contributed by atoms with Gasteiger partial charge >= 0.3 is 0 Å². The zero-order valence-electron chi connectivity index (χ0n) is 11.2. The van der Waals surface area contributed by atoms with E-state index in [-0.39, 0.29) is 0 Å². The summed E-state index contributed by atoms with van der Waals surface area (Å²) in [5.74, 6) is 0.910. The number of nitrogens with two attached hydrogens (primary N) is 1. The predicted molar refractivity (Wildman–Crippen MR) is 75.5 cm³/mol. The molecule has 2 aromatic heterocycles. The molecular weight excluding hydrogens is 238 g/mol. The summed E-state index contributed by atoms with van der Waals surface area (Å²) >= 11 is 0. The molecule has 2 heterocycles. The standard InChI is InChI=1S/C14H17N5/c1-3-19-13-5-4-10(7-15)6-11(13)17-14(19)12-8-18(2)9-16-12/h4-6,8-9H,3,7,15H2,1-2H3. The smallest absolute Gasteiger partial charge is 0.161 e. The van der Waals surface area contributed by atoms with Gasteiger partial charge in [-0.25, -0.2) is 9.97 Å². The van der Waals surface area contributed by atoms with Gasteiger partial charge in [-0.2, -0.15) is 0 Å². The fourth-order valence-electron chi connectivity index (χ4n) is 2.35. The summed E-state index contributed by atoms with van der Waals surface area (Å²) in [6, 6.07) is 6.19. The average molecular weight is 255 g/mol. The quantitative estimate of drug-likeness (QED) is 0.777. The van der Waals surface area contributed by atoms with E-state index in [1.165, 1.54) is 0 Å². The Bertz CT molecular complexity index is 723. The Morgan fingerprint density at radius 3 is 2.79 bits per heavy atom. The SMILES string of the molecule is CCn1c(-c2cn(C)cn2)nc2cc(CN)ccc21. The molecule has 2 N–H and O–H groups in total. The van der Waals surface area contributed by atoms with Crippen LogP contribution in [0.15, 0.2) is 30.7 Å². The van der Waals surface area contributed by atoms with Gasteiger partial charge in [0, 0.05) is 26.3 Å². The molecule has 0 aliphatic carbocycles. The van der Waals surface area contributed by atoms with E-state index >= 15 is 0 Å². The summed E-state index contributed by atoms with van der Waals surface area (Å²) in [7, 11) is 1.96. The second kappa shape index (κ2) is 4.51. The molecule has 5 heteroatoms. The van der Waals surface area contributed by atoms with Crippen LogP contribution in [0.2, 0.25) is 0 Å². The van der Waals surface area contributed by atoms with Gasteiger partial charge in [-0.3, -0.25) is 0 Å². The monoisotopic (exact) mass is 255 g/mol. The maximum atomic E-state index is 5.68. The average Bonchev–Trinajstić information content (AvgIpc) is 3.00. The Labute approximate surface area is 111 Å². The van der Waals surface area contributed by atoms with Gasteiger partial charge in [-0.15, -0.1) is 0 Å². The molecule has 0 aliphatic heterocycles. The van der Waals surface area contributed by atoms with Gasteiger partial charge in [0.25, 0.3) is 0 Å². The molecule has 3 rings (SSSR count). The van der Waals surface area contributed by atoms with E-state index < -0.39 is 0 Å². The number of nitrogens with zero attached hydrogens (tertiary/aromatic N) is 4. The molecular formula is C14H17N5. The lowest BCUT2D eigenvalue weighted by molar-refractivity contribution is 0.793. The molecule has 5 nitrogen and oxygen atoms in total. The number of aryl methyl sites for hydroxylation is 2. The summed E-state index contributed by atoms with van der Waals surface area (Å²) in [6.07, 6.45) is 3.78. The van der Waals surface area contributed by atoms with E-state index in [9.17, 15) is 0 Å². The van der Waals surface area contributed by atoms with Crippen molar-refractivity contribution < 1.29 is 0 Å². The first-order valence-electron chi connectivity index (χ1n) is 6.40. The van der Waals surface area contributed by atoms with E-state index in [1.54, 1.807) is 6.33 Å². The van der Waals surface area contributed by atoms with Gasteiger partial charge in [0.2, 0.25) is 0 Å². The van der Waals surface area contributed by atoms with Gasteiger partial charge in [0.1, 0.15) is 5.69 Å². The first-order valence-corrected chi connectivity index (χ1v) is 6.40. The van der Waals surface area contributed by atoms with Gasteiger partial charge in [0.15, 0.2) is 5.82 Å². The highest BCUT2D eigenvalue weighted by Gasteiger charge is 2.13. The van der Waals surface area contributed by atoms with Crippen molar-refractivity contribution in [2.24, 2.45) is 12.8 Å². The molecule has 0 amide bonds. The van der Waals surface area contributed by atoms with Crippen LogP contribution >= 0.6 is 0 Å². The van der Waals surface area contributed by atoms with Crippen LogP contribution in [0.1, 0.15) is 12.5 Å². The number of rotatable bonds is 3. The molecule has 0 unspecified atom stereocenters. The number of hydrogen-bond acceptors (Lipinski definition) is 3. The first kappa shape index (κ1) is 11.9. The lowest BCUT2D eigenvalue weighted by Crippen LogP contribution is -1.98. The highest BCUT2D eigenvalue weighted by molar-refractivity contribution is 5.80. The van der Waals surface area contributed by atoms with Crippen LogP contribution in [0.4, 0.5) is 0 Å². The normalized spacial score (nSPS) is 11.3. The molecule has 1 aromatic carbocycles. The molecule has 0 fully saturated rings. The van der Waals surface area contributed by atoms with Crippen LogP contribution in [0, 0.1) is 0 Å². The fraction of sp³-hybridized carbons (Fsp3) is 0.286. The van der Waals surface area contributed by atoms with Crippen molar-refractivity contribution >= 4 is 11.0 Å². The molecule has 3 aromatic rings. The summed E-state index contributed by atoms with van der Waals surface area (Å²) in [4.78, 5) is 9.09. The number of imidazole rings is 2. The van der Waals surface area contributed by atoms with Gasteiger partial charge in [-0.1, -0.05) is 6.07 Å². The Morgan fingerprint density at radius 1 is 1.32 bits per heavy atom. The summed E-state index contributed by atoms with van der Waals surface area (Å²) in [5, 5.41) is 0.